The van der Waals surface area contributed by atoms with Gasteiger partial charge in [0.25, 0.3) is 5.91 Å². The quantitative estimate of drug-likeness (QED) is 0.382. The number of nitrogens with zero attached hydrogens (tertiary/aromatic N) is 3. The summed E-state index contributed by atoms with van der Waals surface area (Å²) in [6.45, 7) is 8.63. The minimum atomic E-state index is -0.382. The third-order valence-corrected chi connectivity index (χ3v) is 6.94. The molecule has 0 fully saturated rings. The molecule has 2 heterocycles. The number of aryl methyl sites for hydroxylation is 1. The van der Waals surface area contributed by atoms with E-state index in [1.807, 2.05) is 38.3 Å². The standard InChI is InChI=1S/C25H28ClN5O4S/c1-5-31-23(22(14(2)3)28-24(33)16-7-9-19-20(10-16)35-13-34-19)29-30-25(31)36-12-21(32)27-18-11-17(26)8-6-15(18)4/h6-11,14,22H,5,12-13H2,1-4H3,(H,27,32)(H,28,33). The first-order valence-corrected chi connectivity index (χ1v) is 13.0. The molecule has 1 unspecified atom stereocenters. The molecule has 0 spiro atoms. The van der Waals surface area contributed by atoms with Gasteiger partial charge in [0.1, 0.15) is 0 Å². The van der Waals surface area contributed by atoms with E-state index in [4.69, 9.17) is 21.1 Å². The molecule has 1 atom stereocenters. The fourth-order valence-corrected chi connectivity index (χ4v) is 4.75. The molecule has 4 rings (SSSR count). The Morgan fingerprint density at radius 3 is 2.67 bits per heavy atom. The van der Waals surface area contributed by atoms with Crippen molar-refractivity contribution < 1.29 is 19.1 Å². The number of hydrogen-bond acceptors (Lipinski definition) is 7. The van der Waals surface area contributed by atoms with E-state index in [2.05, 4.69) is 20.8 Å². The van der Waals surface area contributed by atoms with Crippen molar-refractivity contribution in [1.29, 1.82) is 0 Å². The molecule has 1 aliphatic rings. The molecule has 190 valence electrons. The Labute approximate surface area is 218 Å². The van der Waals surface area contributed by atoms with Crippen LogP contribution in [-0.2, 0) is 11.3 Å². The summed E-state index contributed by atoms with van der Waals surface area (Å²) in [6, 6.07) is 10.1. The van der Waals surface area contributed by atoms with E-state index in [1.54, 1.807) is 30.3 Å². The Kier molecular flexibility index (Phi) is 8.05. The Balaban J connectivity index is 1.45. The highest BCUT2D eigenvalue weighted by Gasteiger charge is 2.27. The lowest BCUT2D eigenvalue weighted by Crippen LogP contribution is -2.33. The van der Waals surface area contributed by atoms with Gasteiger partial charge in [-0.1, -0.05) is 43.3 Å². The third-order valence-electron chi connectivity index (χ3n) is 5.73. The van der Waals surface area contributed by atoms with Gasteiger partial charge in [-0.2, -0.15) is 0 Å². The number of anilines is 1. The molecule has 0 saturated heterocycles. The van der Waals surface area contributed by atoms with Gasteiger partial charge >= 0.3 is 0 Å². The van der Waals surface area contributed by atoms with Gasteiger partial charge in [0.2, 0.25) is 12.7 Å². The van der Waals surface area contributed by atoms with E-state index in [0.717, 1.165) is 5.56 Å². The number of aromatic nitrogens is 3. The molecule has 9 nitrogen and oxygen atoms in total. The molecule has 2 amide bonds. The first-order valence-electron chi connectivity index (χ1n) is 11.6. The highest BCUT2D eigenvalue weighted by molar-refractivity contribution is 7.99. The lowest BCUT2D eigenvalue weighted by Gasteiger charge is -2.22. The molecule has 0 aliphatic carbocycles. The maximum Gasteiger partial charge on any atom is 0.252 e. The number of benzene rings is 2. The molecule has 1 aliphatic heterocycles. The number of ether oxygens (including phenoxy) is 2. The number of carbonyl (C=O) groups excluding carboxylic acids is 2. The van der Waals surface area contributed by atoms with Crippen molar-refractivity contribution >= 4 is 40.9 Å². The topological polar surface area (TPSA) is 107 Å². The van der Waals surface area contributed by atoms with Gasteiger partial charge in [-0.3, -0.25) is 9.59 Å². The lowest BCUT2D eigenvalue weighted by molar-refractivity contribution is -0.113. The first kappa shape index (κ1) is 25.8. The molecule has 3 aromatic rings. The summed E-state index contributed by atoms with van der Waals surface area (Å²) >= 11 is 7.34. The Morgan fingerprint density at radius 1 is 1.14 bits per heavy atom. The van der Waals surface area contributed by atoms with Crippen LogP contribution in [0.15, 0.2) is 41.6 Å². The van der Waals surface area contributed by atoms with Crippen LogP contribution in [0.2, 0.25) is 5.02 Å². The van der Waals surface area contributed by atoms with Crippen LogP contribution < -0.4 is 20.1 Å². The number of rotatable bonds is 9. The van der Waals surface area contributed by atoms with Gasteiger partial charge in [-0.15, -0.1) is 10.2 Å². The highest BCUT2D eigenvalue weighted by atomic mass is 35.5. The molecule has 11 heteroatoms. The second-order valence-corrected chi connectivity index (χ2v) is 10.0. The van der Waals surface area contributed by atoms with E-state index in [9.17, 15) is 9.59 Å². The number of fused-ring (bicyclic) bond motifs is 1. The van der Waals surface area contributed by atoms with Gasteiger partial charge in [-0.25, -0.2) is 0 Å². The van der Waals surface area contributed by atoms with Crippen molar-refractivity contribution in [1.82, 2.24) is 20.1 Å². The molecule has 0 radical (unpaired) electrons. The largest absolute Gasteiger partial charge is 0.454 e. The van der Waals surface area contributed by atoms with Crippen LogP contribution in [-0.4, -0.2) is 39.1 Å². The van der Waals surface area contributed by atoms with Gasteiger partial charge in [0.05, 0.1) is 11.8 Å². The van der Waals surface area contributed by atoms with Gasteiger partial charge in [0.15, 0.2) is 22.5 Å². The molecular formula is C25H28ClN5O4S. The predicted molar refractivity (Wildman–Crippen MR) is 139 cm³/mol. The van der Waals surface area contributed by atoms with Gasteiger partial charge in [-0.05, 0) is 55.7 Å². The molecule has 2 N–H and O–H groups in total. The predicted octanol–water partition coefficient (Wildman–Crippen LogP) is 4.85. The first-order chi connectivity index (χ1) is 17.3. The van der Waals surface area contributed by atoms with Gasteiger partial charge in [0, 0.05) is 22.8 Å². The van der Waals surface area contributed by atoms with E-state index in [0.29, 0.717) is 45.3 Å². The maximum atomic E-state index is 13.0. The summed E-state index contributed by atoms with van der Waals surface area (Å²) in [5.41, 5.74) is 2.07. The molecule has 0 saturated carbocycles. The third kappa shape index (κ3) is 5.76. The van der Waals surface area contributed by atoms with Crippen molar-refractivity contribution in [2.45, 2.75) is 45.4 Å². The number of hydrogen-bond donors (Lipinski definition) is 2. The fraction of sp³-hybridized carbons (Fsp3) is 0.360. The average Bonchev–Trinajstić information content (AvgIpc) is 3.49. The summed E-state index contributed by atoms with van der Waals surface area (Å²) in [4.78, 5) is 25.6. The zero-order chi connectivity index (χ0) is 25.8. The van der Waals surface area contributed by atoms with Gasteiger partial charge < -0.3 is 24.7 Å². The van der Waals surface area contributed by atoms with Crippen molar-refractivity contribution in [3.63, 3.8) is 0 Å². The van der Waals surface area contributed by atoms with Crippen LogP contribution >= 0.6 is 23.4 Å². The fourth-order valence-electron chi connectivity index (χ4n) is 3.77. The molecule has 1 aromatic heterocycles. The lowest BCUT2D eigenvalue weighted by atomic mass is 10.0. The molecular weight excluding hydrogens is 502 g/mol. The number of thioether (sulfide) groups is 1. The van der Waals surface area contributed by atoms with Crippen LogP contribution in [0, 0.1) is 12.8 Å². The smallest absolute Gasteiger partial charge is 0.252 e. The van der Waals surface area contributed by atoms with Crippen LogP contribution in [0.1, 0.15) is 48.6 Å². The number of carbonyl (C=O) groups is 2. The van der Waals surface area contributed by atoms with Crippen molar-refractivity contribution in [3.8, 4) is 11.5 Å². The number of amides is 2. The normalized spacial score (nSPS) is 13.1. The Hall–Kier alpha value is -3.24. The second-order valence-electron chi connectivity index (χ2n) is 8.64. The molecule has 36 heavy (non-hydrogen) atoms. The van der Waals surface area contributed by atoms with Crippen LogP contribution in [0.3, 0.4) is 0 Å². The number of halogens is 1. The minimum absolute atomic E-state index is 0.0458. The van der Waals surface area contributed by atoms with E-state index < -0.39 is 0 Å². The number of nitrogens with one attached hydrogen (secondary N) is 2. The Bertz CT molecular complexity index is 1280. The molecule has 0 bridgehead atoms. The highest BCUT2D eigenvalue weighted by Crippen LogP contribution is 2.33. The van der Waals surface area contributed by atoms with Crippen molar-refractivity contribution in [2.75, 3.05) is 17.9 Å². The van der Waals surface area contributed by atoms with Crippen molar-refractivity contribution in [3.05, 3.63) is 58.4 Å². The maximum absolute atomic E-state index is 13.0. The van der Waals surface area contributed by atoms with Crippen LogP contribution in [0.25, 0.3) is 0 Å². The molecule has 2 aromatic carbocycles. The summed E-state index contributed by atoms with van der Waals surface area (Å²) in [5, 5.41) is 15.8. The second kappa shape index (κ2) is 11.2. The zero-order valence-corrected chi connectivity index (χ0v) is 22.1. The summed E-state index contributed by atoms with van der Waals surface area (Å²) < 4.78 is 12.6. The van der Waals surface area contributed by atoms with Crippen LogP contribution in [0.5, 0.6) is 11.5 Å². The SMILES string of the molecule is CCn1c(SCC(=O)Nc2cc(Cl)ccc2C)nnc1C(NC(=O)c1ccc2c(c1)OCO2)C(C)C. The summed E-state index contributed by atoms with van der Waals surface area (Å²) in [7, 11) is 0. The zero-order valence-electron chi connectivity index (χ0n) is 20.5. The van der Waals surface area contributed by atoms with E-state index in [-0.39, 0.29) is 36.3 Å². The summed E-state index contributed by atoms with van der Waals surface area (Å²) in [5.74, 6) is 1.58. The van der Waals surface area contributed by atoms with E-state index in [1.165, 1.54) is 11.8 Å². The minimum Gasteiger partial charge on any atom is -0.454 e. The van der Waals surface area contributed by atoms with E-state index >= 15 is 0 Å². The van der Waals surface area contributed by atoms with Crippen molar-refractivity contribution in [2.24, 2.45) is 5.92 Å². The Morgan fingerprint density at radius 2 is 1.92 bits per heavy atom. The monoisotopic (exact) mass is 529 g/mol. The summed E-state index contributed by atoms with van der Waals surface area (Å²) in [6.07, 6.45) is 0. The van der Waals surface area contributed by atoms with Crippen LogP contribution in [0.4, 0.5) is 5.69 Å². The average molecular weight is 530 g/mol.